The molecule has 4 heteroatoms. The van der Waals surface area contributed by atoms with Crippen LogP contribution in [-0.2, 0) is 9.47 Å². The minimum Gasteiger partial charge on any atom is -0.393 e. The van der Waals surface area contributed by atoms with Gasteiger partial charge in [0.2, 0.25) is 0 Å². The van der Waals surface area contributed by atoms with E-state index in [9.17, 15) is 10.2 Å². The Morgan fingerprint density at radius 1 is 0.750 bits per heavy atom. The highest BCUT2D eigenvalue weighted by atomic mass is 16.6. The first kappa shape index (κ1) is 33.4. The van der Waals surface area contributed by atoms with Crippen molar-refractivity contribution < 1.29 is 19.7 Å². The quantitative estimate of drug-likeness (QED) is 0.133. The van der Waals surface area contributed by atoms with Gasteiger partial charge in [0, 0.05) is 23.7 Å². The SMILES string of the molecule is CC(/C=C/C=C(C)/C=C/[C@@]12O[C@]1(C)[C@@H]1[C@@H](O)[C@@H]1C2(C)C)=C\C=C\C=C(/C)CC/C=C(\C)CC[C@@]12O[C@]1(C)C[C@@H](O)CC2(C)C. The average Bonchev–Trinajstić information content (AvgIpc) is 3.84. The van der Waals surface area contributed by atoms with Crippen LogP contribution >= 0.6 is 0 Å². The molecule has 2 heterocycles. The summed E-state index contributed by atoms with van der Waals surface area (Å²) in [4.78, 5) is 0. The van der Waals surface area contributed by atoms with Crippen molar-refractivity contribution in [2.24, 2.45) is 22.7 Å². The van der Waals surface area contributed by atoms with Gasteiger partial charge in [0.25, 0.3) is 0 Å². The van der Waals surface area contributed by atoms with Crippen molar-refractivity contribution in [2.45, 2.75) is 142 Å². The van der Waals surface area contributed by atoms with E-state index in [1.807, 2.05) is 0 Å². The zero-order valence-electron chi connectivity index (χ0n) is 29.0. The summed E-state index contributed by atoms with van der Waals surface area (Å²) in [6, 6.07) is 0. The van der Waals surface area contributed by atoms with Gasteiger partial charge in [0.05, 0.1) is 17.8 Å². The fourth-order valence-electron chi connectivity index (χ4n) is 9.49. The number of allylic oxidation sites excluding steroid dienone is 13. The van der Waals surface area contributed by atoms with E-state index in [4.69, 9.17) is 9.47 Å². The smallest absolute Gasteiger partial charge is 0.122 e. The summed E-state index contributed by atoms with van der Waals surface area (Å²) >= 11 is 0. The van der Waals surface area contributed by atoms with Crippen molar-refractivity contribution in [2.75, 3.05) is 0 Å². The van der Waals surface area contributed by atoms with E-state index in [1.54, 1.807) is 0 Å². The van der Waals surface area contributed by atoms with Crippen molar-refractivity contribution in [3.8, 4) is 0 Å². The second kappa shape index (κ2) is 11.4. The summed E-state index contributed by atoms with van der Waals surface area (Å²) in [5.41, 5.74) is 4.45. The molecule has 4 nitrogen and oxygen atoms in total. The molecule has 3 aliphatic carbocycles. The standard InChI is InChI=1S/C40H58O4/c1-27(17-13-19-29(3)21-23-39-35(5,6)25-31(41)26-37(39,9)43-39)15-11-12-16-28(2)18-14-20-30(4)22-24-40-36(7,8)32-33(34(32)42)38(40,10)44-40/h11-12,14-16,18-20,22,24,31-34,41-42H,13,17,21,23,25-26H2,1-10H3/b12-11+,18-14+,24-22+,27-15+,28-16+,29-19+,30-20+/t31-,32+,33-,34-,37+,38+,39-,40-/m0/s1. The largest absolute Gasteiger partial charge is 0.393 e. The van der Waals surface area contributed by atoms with E-state index >= 15 is 0 Å². The first-order valence-electron chi connectivity index (χ1n) is 16.9. The zero-order chi connectivity index (χ0) is 32.3. The highest BCUT2D eigenvalue weighted by molar-refractivity contribution is 5.45. The van der Waals surface area contributed by atoms with Crippen LogP contribution in [0.1, 0.15) is 108 Å². The molecule has 5 rings (SSSR count). The highest BCUT2D eigenvalue weighted by Gasteiger charge is 2.91. The zero-order valence-corrected chi connectivity index (χ0v) is 29.0. The Balaban J connectivity index is 1.03. The van der Waals surface area contributed by atoms with Crippen LogP contribution in [0.2, 0.25) is 0 Å². The molecule has 2 saturated heterocycles. The van der Waals surface area contributed by atoms with Gasteiger partial charge in [-0.2, -0.15) is 0 Å². The lowest BCUT2D eigenvalue weighted by Gasteiger charge is -2.40. The number of aliphatic hydroxyl groups is 2. The Kier molecular flexibility index (Phi) is 8.63. The third-order valence-electron chi connectivity index (χ3n) is 12.2. The number of aliphatic hydroxyl groups excluding tert-OH is 2. The van der Waals surface area contributed by atoms with Crippen LogP contribution in [0.4, 0.5) is 0 Å². The van der Waals surface area contributed by atoms with E-state index in [2.05, 4.69) is 130 Å². The molecule has 44 heavy (non-hydrogen) atoms. The predicted octanol–water partition coefficient (Wildman–Crippen LogP) is 8.88. The van der Waals surface area contributed by atoms with E-state index in [1.165, 1.54) is 22.3 Å². The summed E-state index contributed by atoms with van der Waals surface area (Å²) < 4.78 is 12.6. The molecule has 2 aliphatic heterocycles. The molecule has 0 amide bonds. The van der Waals surface area contributed by atoms with Crippen LogP contribution in [0.3, 0.4) is 0 Å². The maximum absolute atomic E-state index is 10.3. The summed E-state index contributed by atoms with van der Waals surface area (Å²) in [6.07, 6.45) is 27.1. The predicted molar refractivity (Wildman–Crippen MR) is 181 cm³/mol. The van der Waals surface area contributed by atoms with Crippen molar-refractivity contribution in [3.63, 3.8) is 0 Å². The fraction of sp³-hybridized carbons (Fsp3) is 0.650. The van der Waals surface area contributed by atoms with Crippen LogP contribution < -0.4 is 0 Å². The molecule has 0 bridgehead atoms. The number of fused-ring (bicyclic) bond motifs is 4. The average molecular weight is 603 g/mol. The Hall–Kier alpha value is -1.98. The molecule has 0 aromatic carbocycles. The van der Waals surface area contributed by atoms with Crippen LogP contribution in [0.15, 0.2) is 83.1 Å². The van der Waals surface area contributed by atoms with Gasteiger partial charge in [-0.05, 0) is 85.1 Å². The maximum atomic E-state index is 10.3. The van der Waals surface area contributed by atoms with E-state index in [0.717, 1.165) is 38.5 Å². The van der Waals surface area contributed by atoms with Crippen LogP contribution in [-0.4, -0.2) is 44.8 Å². The maximum Gasteiger partial charge on any atom is 0.122 e. The van der Waals surface area contributed by atoms with Gasteiger partial charge < -0.3 is 19.7 Å². The molecule has 0 aromatic heterocycles. The Morgan fingerprint density at radius 2 is 1.41 bits per heavy atom. The molecule has 0 unspecified atom stereocenters. The van der Waals surface area contributed by atoms with Crippen LogP contribution in [0.25, 0.3) is 0 Å². The van der Waals surface area contributed by atoms with Gasteiger partial charge in [0.15, 0.2) is 0 Å². The normalized spacial score (nSPS) is 42.6. The molecule has 242 valence electrons. The molecule has 2 N–H and O–H groups in total. The van der Waals surface area contributed by atoms with Gasteiger partial charge in [-0.15, -0.1) is 0 Å². The lowest BCUT2D eigenvalue weighted by Crippen LogP contribution is -2.47. The van der Waals surface area contributed by atoms with Crippen LogP contribution in [0, 0.1) is 22.7 Å². The van der Waals surface area contributed by atoms with Crippen molar-refractivity contribution >= 4 is 0 Å². The highest BCUT2D eigenvalue weighted by Crippen LogP contribution is 2.81. The lowest BCUT2D eigenvalue weighted by atomic mass is 9.61. The molecular formula is C40H58O4. The topological polar surface area (TPSA) is 65.5 Å². The monoisotopic (exact) mass is 602 g/mol. The number of ether oxygens (including phenoxy) is 2. The number of hydrogen-bond acceptors (Lipinski definition) is 4. The van der Waals surface area contributed by atoms with E-state index in [-0.39, 0.29) is 51.4 Å². The molecule has 0 aromatic rings. The second-order valence-corrected chi connectivity index (χ2v) is 16.3. The molecular weight excluding hydrogens is 544 g/mol. The molecule has 5 aliphatic rings. The third-order valence-corrected chi connectivity index (χ3v) is 12.2. The lowest BCUT2D eigenvalue weighted by molar-refractivity contribution is 0.0318. The molecule has 0 radical (unpaired) electrons. The summed E-state index contributed by atoms with van der Waals surface area (Å²) in [5.74, 6) is 0.635. The van der Waals surface area contributed by atoms with Crippen molar-refractivity contribution in [1.82, 2.24) is 0 Å². The minimum absolute atomic E-state index is 0.00854. The van der Waals surface area contributed by atoms with E-state index in [0.29, 0.717) is 5.92 Å². The Labute approximate surface area is 267 Å². The van der Waals surface area contributed by atoms with Gasteiger partial charge in [-0.1, -0.05) is 105 Å². The summed E-state index contributed by atoms with van der Waals surface area (Å²) in [5, 5.41) is 20.6. The third kappa shape index (κ3) is 5.52. The summed E-state index contributed by atoms with van der Waals surface area (Å²) in [7, 11) is 0. The van der Waals surface area contributed by atoms with Crippen molar-refractivity contribution in [3.05, 3.63) is 83.1 Å². The van der Waals surface area contributed by atoms with Crippen LogP contribution in [0.5, 0.6) is 0 Å². The molecule has 5 fully saturated rings. The fourth-order valence-corrected chi connectivity index (χ4v) is 9.49. The van der Waals surface area contributed by atoms with Gasteiger partial charge in [-0.25, -0.2) is 0 Å². The Bertz CT molecular complexity index is 1350. The summed E-state index contributed by atoms with van der Waals surface area (Å²) in [6.45, 7) is 22.1. The first-order chi connectivity index (χ1) is 20.5. The molecule has 0 spiro atoms. The Morgan fingerprint density at radius 3 is 2.07 bits per heavy atom. The van der Waals surface area contributed by atoms with Gasteiger partial charge in [-0.3, -0.25) is 0 Å². The molecule has 8 atom stereocenters. The molecule has 3 saturated carbocycles. The number of rotatable bonds is 12. The van der Waals surface area contributed by atoms with Crippen molar-refractivity contribution in [1.29, 1.82) is 0 Å². The minimum atomic E-state index is -0.249. The van der Waals surface area contributed by atoms with Gasteiger partial charge in [0.1, 0.15) is 16.8 Å². The second-order valence-electron chi connectivity index (χ2n) is 16.3. The number of epoxide rings is 2. The number of hydrogen-bond donors (Lipinski definition) is 2. The first-order valence-corrected chi connectivity index (χ1v) is 16.9. The van der Waals surface area contributed by atoms with E-state index < -0.39 is 0 Å². The van der Waals surface area contributed by atoms with Gasteiger partial charge >= 0.3 is 0 Å².